The Hall–Kier alpha value is -4.22. The zero-order chi connectivity index (χ0) is 25.3. The Morgan fingerprint density at radius 3 is 2.47 bits per heavy atom. The van der Waals surface area contributed by atoms with Gasteiger partial charge in [0.05, 0.1) is 13.7 Å². The molecule has 3 amide bonds. The average Bonchev–Trinajstić information content (AvgIpc) is 3.53. The van der Waals surface area contributed by atoms with Crippen molar-refractivity contribution in [3.8, 4) is 22.5 Å². The number of imidazole rings is 1. The van der Waals surface area contributed by atoms with Crippen LogP contribution < -0.4 is 5.32 Å². The van der Waals surface area contributed by atoms with Gasteiger partial charge < -0.3 is 9.67 Å². The second-order valence-corrected chi connectivity index (χ2v) is 8.91. The smallest absolute Gasteiger partial charge is 0.390 e. The van der Waals surface area contributed by atoms with Crippen molar-refractivity contribution in [1.29, 1.82) is 0 Å². The number of anilines is 1. The number of fused-ring (bicyclic) bond motifs is 1. The summed E-state index contributed by atoms with van der Waals surface area (Å²) in [4.78, 5) is 30.7. The van der Waals surface area contributed by atoms with Crippen molar-refractivity contribution >= 4 is 17.8 Å². The predicted octanol–water partition coefficient (Wildman–Crippen LogP) is 2.86. The molecule has 1 atom stereocenters. The molecule has 0 fully saturated rings. The Morgan fingerprint density at radius 1 is 1.06 bits per heavy atom. The first kappa shape index (κ1) is 23.5. The first-order valence-electron chi connectivity index (χ1n) is 11.8. The van der Waals surface area contributed by atoms with E-state index in [4.69, 9.17) is 0 Å². The molecule has 2 aromatic carbocycles. The molecule has 0 bridgehead atoms. The van der Waals surface area contributed by atoms with Crippen LogP contribution in [0.3, 0.4) is 0 Å². The third kappa shape index (κ3) is 3.97. The van der Waals surface area contributed by atoms with E-state index in [1.165, 1.54) is 7.05 Å². The largest absolute Gasteiger partial charge is 0.429 e. The number of benzene rings is 2. The van der Waals surface area contributed by atoms with Crippen LogP contribution in [0, 0.1) is 0 Å². The highest BCUT2D eigenvalue weighted by molar-refractivity contribution is 6.07. The van der Waals surface area contributed by atoms with E-state index in [0.29, 0.717) is 24.5 Å². The van der Waals surface area contributed by atoms with Crippen molar-refractivity contribution in [2.45, 2.75) is 26.3 Å². The van der Waals surface area contributed by atoms with Gasteiger partial charge in [-0.3, -0.25) is 5.32 Å². The van der Waals surface area contributed by atoms with Crippen molar-refractivity contribution in [1.82, 2.24) is 30.2 Å². The highest BCUT2D eigenvalue weighted by Gasteiger charge is 2.49. The fourth-order valence-electron chi connectivity index (χ4n) is 4.52. The molecule has 0 spiro atoms. The Labute approximate surface area is 207 Å². The second kappa shape index (κ2) is 9.44. The van der Waals surface area contributed by atoms with Crippen molar-refractivity contribution in [2.24, 2.45) is 0 Å². The van der Waals surface area contributed by atoms with Gasteiger partial charge in [-0.2, -0.15) is 9.70 Å². The third-order valence-electron chi connectivity index (χ3n) is 6.51. The van der Waals surface area contributed by atoms with Crippen LogP contribution in [0.15, 0.2) is 48.5 Å². The topological polar surface area (TPSA) is 139 Å². The molecule has 1 unspecified atom stereocenters. The number of imide groups is 1. The van der Waals surface area contributed by atoms with Gasteiger partial charge in [-0.05, 0) is 28.3 Å². The summed E-state index contributed by atoms with van der Waals surface area (Å²) in [5.41, 5.74) is 4.19. The number of aryl methyl sites for hydroxylation is 1. The number of hydrogen-bond donors (Lipinski definition) is 3. The summed E-state index contributed by atoms with van der Waals surface area (Å²) in [5.74, 6) is 1.17. The van der Waals surface area contributed by atoms with Crippen LogP contribution in [-0.4, -0.2) is 71.9 Å². The minimum absolute atomic E-state index is 0.00706. The number of aromatic amines is 1. The van der Waals surface area contributed by atoms with Gasteiger partial charge in [0.1, 0.15) is 12.4 Å². The van der Waals surface area contributed by atoms with Gasteiger partial charge in [-0.15, -0.1) is 10.2 Å². The molecule has 184 valence electrons. The van der Waals surface area contributed by atoms with E-state index in [1.54, 1.807) is 0 Å². The summed E-state index contributed by atoms with van der Waals surface area (Å²) in [5, 5.41) is 26.6. The molecular weight excluding hydrogens is 460 g/mol. The molecular formula is C25H27N8O3+. The molecule has 4 aromatic rings. The summed E-state index contributed by atoms with van der Waals surface area (Å²) in [6.07, 6.45) is 1.50. The van der Waals surface area contributed by atoms with Gasteiger partial charge >= 0.3 is 11.9 Å². The molecule has 1 aliphatic heterocycles. The maximum Gasteiger partial charge on any atom is 0.429 e. The lowest BCUT2D eigenvalue weighted by atomic mass is 9.98. The number of hydrogen-bond acceptors (Lipinski definition) is 7. The minimum atomic E-state index is -0.549. The van der Waals surface area contributed by atoms with Crippen LogP contribution in [-0.2, 0) is 13.0 Å². The molecule has 3 heterocycles. The molecule has 2 aromatic heterocycles. The number of urea groups is 1. The summed E-state index contributed by atoms with van der Waals surface area (Å²) >= 11 is 0. The molecule has 0 radical (unpaired) electrons. The number of nitrogens with zero attached hydrogens (tertiary/aromatic N) is 6. The van der Waals surface area contributed by atoms with Gasteiger partial charge in [0.25, 0.3) is 0 Å². The highest BCUT2D eigenvalue weighted by Crippen LogP contribution is 2.32. The fraction of sp³-hybridized carbons (Fsp3) is 0.280. The molecule has 0 saturated heterocycles. The lowest BCUT2D eigenvalue weighted by Gasteiger charge is -2.31. The predicted molar refractivity (Wildman–Crippen MR) is 132 cm³/mol. The van der Waals surface area contributed by atoms with E-state index in [-0.39, 0.29) is 24.9 Å². The third-order valence-corrected chi connectivity index (χ3v) is 6.51. The van der Waals surface area contributed by atoms with E-state index in [1.807, 2.05) is 60.0 Å². The van der Waals surface area contributed by atoms with E-state index >= 15 is 0 Å². The molecule has 1 aliphatic rings. The number of H-pyrrole nitrogens is 1. The van der Waals surface area contributed by atoms with Gasteiger partial charge in [0.2, 0.25) is 5.82 Å². The van der Waals surface area contributed by atoms with Crippen molar-refractivity contribution in [3.05, 3.63) is 65.6 Å². The van der Waals surface area contributed by atoms with Crippen molar-refractivity contribution in [2.75, 3.05) is 25.5 Å². The van der Waals surface area contributed by atoms with Crippen LogP contribution in [0.1, 0.15) is 35.2 Å². The number of amides is 3. The number of aromatic nitrogens is 6. The second-order valence-electron chi connectivity index (χ2n) is 8.91. The molecule has 5 rings (SSSR count). The Balaban J connectivity index is 1.49. The van der Waals surface area contributed by atoms with Crippen LogP contribution in [0.25, 0.3) is 22.5 Å². The zero-order valence-corrected chi connectivity index (χ0v) is 20.1. The first-order chi connectivity index (χ1) is 17.5. The molecule has 0 saturated carbocycles. The molecule has 3 N–H and O–H groups in total. The number of likely N-dealkylation sites (N-methyl/N-ethyl adjacent to an activating group) is 1. The van der Waals surface area contributed by atoms with Gasteiger partial charge in [0, 0.05) is 18.5 Å². The Bertz CT molecular complexity index is 1410. The van der Waals surface area contributed by atoms with E-state index in [2.05, 4.69) is 30.9 Å². The molecule has 36 heavy (non-hydrogen) atoms. The summed E-state index contributed by atoms with van der Waals surface area (Å²) < 4.78 is 1.34. The highest BCUT2D eigenvalue weighted by atomic mass is 16.3. The normalized spacial score (nSPS) is 17.2. The number of tetrazole rings is 1. The van der Waals surface area contributed by atoms with Crippen LogP contribution >= 0.6 is 0 Å². The fourth-order valence-corrected chi connectivity index (χ4v) is 4.52. The van der Waals surface area contributed by atoms with Crippen LogP contribution in [0.4, 0.5) is 10.6 Å². The summed E-state index contributed by atoms with van der Waals surface area (Å²) in [6.45, 7) is 2.17. The van der Waals surface area contributed by atoms with Crippen LogP contribution in [0.2, 0.25) is 0 Å². The lowest BCUT2D eigenvalue weighted by molar-refractivity contribution is -0.744. The van der Waals surface area contributed by atoms with Crippen molar-refractivity contribution in [3.63, 3.8) is 0 Å². The first-order valence-corrected chi connectivity index (χ1v) is 11.8. The number of rotatable bonds is 8. The number of quaternary nitrogens is 1. The Morgan fingerprint density at radius 2 is 1.81 bits per heavy atom. The number of carbonyl (C=O) groups excluding carboxylic acids is 2. The minimum Gasteiger partial charge on any atom is -0.390 e. The summed E-state index contributed by atoms with van der Waals surface area (Å²) in [7, 11) is 1.52. The number of nitrogens with one attached hydrogen (secondary N) is 2. The number of aliphatic hydroxyl groups is 1. The molecule has 0 aliphatic carbocycles. The monoisotopic (exact) mass is 487 g/mol. The number of carbonyl (C=O) groups is 2. The van der Waals surface area contributed by atoms with Crippen molar-refractivity contribution < 1.29 is 19.2 Å². The molecule has 11 nitrogen and oxygen atoms in total. The van der Waals surface area contributed by atoms with Gasteiger partial charge in [-0.25, -0.2) is 14.6 Å². The average molecular weight is 488 g/mol. The molecule has 11 heteroatoms. The maximum atomic E-state index is 13.5. The SMILES string of the molecule is CCCc1nc2c(n1Cc1ccc(-c3ccccc3-c3nn[nH]n3)cc1)C(=O)[N+](C)(CCO)C(=O)N2. The van der Waals surface area contributed by atoms with E-state index in [9.17, 15) is 14.7 Å². The van der Waals surface area contributed by atoms with E-state index < -0.39 is 10.5 Å². The van der Waals surface area contributed by atoms with Gasteiger partial charge in [0.15, 0.2) is 11.5 Å². The van der Waals surface area contributed by atoms with Crippen LogP contribution in [0.5, 0.6) is 0 Å². The van der Waals surface area contributed by atoms with Gasteiger partial charge in [-0.1, -0.05) is 55.5 Å². The standard InChI is InChI=1S/C25H26N8O3/c1-3-6-20-26-23-21(24(35)33(2,13-14-34)25(36)27-23)32(20)15-16-9-11-17(12-10-16)18-7-4-5-8-19(18)22-28-30-31-29-22/h4-5,7-12,34H,3,6,13-15H2,1-2H3,(H-,27,28,29,30,31,35,36)/p+1. The maximum absolute atomic E-state index is 13.5. The van der Waals surface area contributed by atoms with E-state index in [0.717, 1.165) is 34.5 Å². The lowest BCUT2D eigenvalue weighted by Crippen LogP contribution is -2.60. The Kier molecular flexibility index (Phi) is 6.17. The number of aliphatic hydroxyl groups excluding tert-OH is 1. The zero-order valence-electron chi connectivity index (χ0n) is 20.1. The summed E-state index contributed by atoms with van der Waals surface area (Å²) in [6, 6.07) is 15.4. The quantitative estimate of drug-likeness (QED) is 0.325.